The Hall–Kier alpha value is -2.66. The van der Waals surface area contributed by atoms with Crippen molar-refractivity contribution in [3.05, 3.63) is 64.0 Å². The number of nitrogens with one attached hydrogen (secondary N) is 1. The van der Waals surface area contributed by atoms with Gasteiger partial charge in [0.15, 0.2) is 5.13 Å². The summed E-state index contributed by atoms with van der Waals surface area (Å²) in [5.74, 6) is 0.0911. The van der Waals surface area contributed by atoms with Gasteiger partial charge in [-0.15, -0.1) is 11.3 Å². The number of carbonyl (C=O) groups is 1. The summed E-state index contributed by atoms with van der Waals surface area (Å²) in [5.41, 5.74) is 6.28. The highest BCUT2D eigenvalue weighted by Crippen LogP contribution is 2.37. The lowest BCUT2D eigenvalue weighted by Crippen LogP contribution is -2.29. The largest absolute Gasteiger partial charge is 0.359 e. The van der Waals surface area contributed by atoms with Gasteiger partial charge in [0, 0.05) is 34.3 Å². The number of nitrogens with zero attached hydrogens (tertiary/aromatic N) is 2. The second kappa shape index (κ2) is 8.46. The van der Waals surface area contributed by atoms with Gasteiger partial charge in [-0.05, 0) is 62.4 Å². The molecule has 160 valence electrons. The van der Waals surface area contributed by atoms with Gasteiger partial charge < -0.3 is 10.2 Å². The van der Waals surface area contributed by atoms with E-state index in [2.05, 4.69) is 30.4 Å². The quantitative estimate of drug-likeness (QED) is 0.522. The van der Waals surface area contributed by atoms with E-state index < -0.39 is 0 Å². The Morgan fingerprint density at radius 3 is 2.71 bits per heavy atom. The maximum absolute atomic E-state index is 13.1. The van der Waals surface area contributed by atoms with Crippen LogP contribution in [0.1, 0.15) is 58.5 Å². The number of fused-ring (bicyclic) bond motifs is 1. The molecule has 1 aromatic heterocycles. The van der Waals surface area contributed by atoms with E-state index in [1.165, 1.54) is 42.5 Å². The molecule has 0 bridgehead atoms. The molecular weight excluding hydrogens is 402 g/mol. The first kappa shape index (κ1) is 20.3. The van der Waals surface area contributed by atoms with E-state index in [0.717, 1.165) is 46.2 Å². The second-order valence-corrected chi connectivity index (χ2v) is 9.97. The molecule has 0 spiro atoms. The van der Waals surface area contributed by atoms with Crippen LogP contribution in [-0.4, -0.2) is 23.5 Å². The zero-order valence-electron chi connectivity index (χ0n) is 18.3. The van der Waals surface area contributed by atoms with Crippen LogP contribution in [0.5, 0.6) is 0 Å². The van der Waals surface area contributed by atoms with Gasteiger partial charge in [0.2, 0.25) is 0 Å². The highest BCUT2D eigenvalue weighted by atomic mass is 32.1. The van der Waals surface area contributed by atoms with Crippen molar-refractivity contribution in [2.24, 2.45) is 0 Å². The Bertz CT molecular complexity index is 1110. The zero-order valence-corrected chi connectivity index (χ0v) is 19.1. The van der Waals surface area contributed by atoms with E-state index in [1.54, 1.807) is 11.3 Å². The summed E-state index contributed by atoms with van der Waals surface area (Å²) in [6, 6.07) is 14.8. The zero-order chi connectivity index (χ0) is 21.4. The monoisotopic (exact) mass is 431 g/mol. The minimum absolute atomic E-state index is 0.0911. The van der Waals surface area contributed by atoms with Crippen LogP contribution in [0.4, 0.5) is 10.8 Å². The predicted octanol–water partition coefficient (Wildman–Crippen LogP) is 6.37. The molecule has 1 fully saturated rings. The number of aryl methyl sites for hydroxylation is 2. The van der Waals surface area contributed by atoms with Crippen LogP contribution in [-0.2, 0) is 6.42 Å². The van der Waals surface area contributed by atoms with Gasteiger partial charge >= 0.3 is 0 Å². The molecule has 1 aliphatic heterocycles. The summed E-state index contributed by atoms with van der Waals surface area (Å²) in [7, 11) is 0. The fourth-order valence-corrected chi connectivity index (χ4v) is 5.78. The van der Waals surface area contributed by atoms with E-state index in [0.29, 0.717) is 6.04 Å². The fourth-order valence-electron chi connectivity index (χ4n) is 4.87. The molecule has 5 heteroatoms. The summed E-state index contributed by atoms with van der Waals surface area (Å²) in [6.45, 7) is 4.88. The molecule has 4 nitrogen and oxygen atoms in total. The molecule has 31 heavy (non-hydrogen) atoms. The molecule has 0 unspecified atom stereocenters. The van der Waals surface area contributed by atoms with E-state index >= 15 is 0 Å². The van der Waals surface area contributed by atoms with Crippen LogP contribution in [0.3, 0.4) is 0 Å². The van der Waals surface area contributed by atoms with Crippen molar-refractivity contribution in [1.82, 2.24) is 4.98 Å². The SMILES string of the molecule is Cc1ccccc1C(=O)N1CCc2cc(-c3nc(NC4CCCCC4)sc3C)ccc21. The summed E-state index contributed by atoms with van der Waals surface area (Å²) in [6.07, 6.45) is 7.37. The number of anilines is 2. The lowest BCUT2D eigenvalue weighted by Gasteiger charge is -2.22. The molecule has 0 atom stereocenters. The van der Waals surface area contributed by atoms with Crippen LogP contribution in [0.2, 0.25) is 0 Å². The maximum Gasteiger partial charge on any atom is 0.258 e. The summed E-state index contributed by atoms with van der Waals surface area (Å²) in [5, 5.41) is 4.70. The lowest BCUT2D eigenvalue weighted by molar-refractivity contribution is 0.0989. The summed E-state index contributed by atoms with van der Waals surface area (Å²) >= 11 is 1.75. The van der Waals surface area contributed by atoms with E-state index in [-0.39, 0.29) is 5.91 Å². The summed E-state index contributed by atoms with van der Waals surface area (Å²) < 4.78 is 0. The molecular formula is C26H29N3OS. The van der Waals surface area contributed by atoms with Gasteiger partial charge in [-0.25, -0.2) is 4.98 Å². The smallest absolute Gasteiger partial charge is 0.258 e. The van der Waals surface area contributed by atoms with Crippen LogP contribution in [0.25, 0.3) is 11.3 Å². The Kier molecular flexibility index (Phi) is 5.53. The van der Waals surface area contributed by atoms with Crippen molar-refractivity contribution in [3.8, 4) is 11.3 Å². The molecule has 0 saturated heterocycles. The third-order valence-electron chi connectivity index (χ3n) is 6.60. The third-order valence-corrected chi connectivity index (χ3v) is 7.50. The Balaban J connectivity index is 1.38. The molecule has 2 aliphatic rings. The maximum atomic E-state index is 13.1. The van der Waals surface area contributed by atoms with E-state index in [4.69, 9.17) is 4.98 Å². The number of aromatic nitrogens is 1. The molecule has 1 saturated carbocycles. The standard InChI is InChI=1S/C26H29N3OS/c1-17-8-6-7-11-22(17)25(30)29-15-14-19-16-20(12-13-23(19)29)24-18(2)31-26(28-24)27-21-9-4-3-5-10-21/h6-8,11-13,16,21H,3-5,9-10,14-15H2,1-2H3,(H,27,28). The summed E-state index contributed by atoms with van der Waals surface area (Å²) in [4.78, 5) is 21.2. The molecule has 2 heterocycles. The van der Waals surface area contributed by atoms with Crippen molar-refractivity contribution >= 4 is 28.1 Å². The molecule has 2 aromatic carbocycles. The number of hydrogen-bond acceptors (Lipinski definition) is 4. The van der Waals surface area contributed by atoms with E-state index in [1.807, 2.05) is 36.1 Å². The average molecular weight is 432 g/mol. The van der Waals surface area contributed by atoms with Crippen LogP contribution in [0.15, 0.2) is 42.5 Å². The normalized spacial score (nSPS) is 16.4. The van der Waals surface area contributed by atoms with Crippen molar-refractivity contribution in [1.29, 1.82) is 0 Å². The average Bonchev–Trinajstić information content (AvgIpc) is 3.37. The number of benzene rings is 2. The van der Waals surface area contributed by atoms with Gasteiger partial charge in [0.1, 0.15) is 0 Å². The van der Waals surface area contributed by atoms with Gasteiger partial charge in [0.05, 0.1) is 5.69 Å². The first-order chi connectivity index (χ1) is 15.1. The highest BCUT2D eigenvalue weighted by Gasteiger charge is 2.27. The molecule has 1 amide bonds. The van der Waals surface area contributed by atoms with Gasteiger partial charge in [-0.2, -0.15) is 0 Å². The van der Waals surface area contributed by atoms with Crippen LogP contribution < -0.4 is 10.2 Å². The highest BCUT2D eigenvalue weighted by molar-refractivity contribution is 7.16. The van der Waals surface area contributed by atoms with Crippen molar-refractivity contribution < 1.29 is 4.79 Å². The van der Waals surface area contributed by atoms with Gasteiger partial charge in [-0.1, -0.05) is 43.5 Å². The minimum Gasteiger partial charge on any atom is -0.359 e. The van der Waals surface area contributed by atoms with Crippen molar-refractivity contribution in [3.63, 3.8) is 0 Å². The molecule has 1 N–H and O–H groups in total. The fraction of sp³-hybridized carbons (Fsp3) is 0.385. The number of hydrogen-bond donors (Lipinski definition) is 1. The Morgan fingerprint density at radius 2 is 1.90 bits per heavy atom. The third kappa shape index (κ3) is 3.99. The predicted molar refractivity (Wildman–Crippen MR) is 129 cm³/mol. The van der Waals surface area contributed by atoms with Crippen LogP contribution >= 0.6 is 11.3 Å². The van der Waals surface area contributed by atoms with Crippen LogP contribution in [0, 0.1) is 13.8 Å². The molecule has 3 aromatic rings. The number of rotatable bonds is 4. The van der Waals surface area contributed by atoms with Gasteiger partial charge in [-0.3, -0.25) is 4.79 Å². The number of carbonyl (C=O) groups excluding carboxylic acids is 1. The second-order valence-electron chi connectivity index (χ2n) is 8.77. The molecule has 1 aliphatic carbocycles. The minimum atomic E-state index is 0.0911. The molecule has 5 rings (SSSR count). The van der Waals surface area contributed by atoms with Crippen molar-refractivity contribution in [2.45, 2.75) is 58.4 Å². The first-order valence-electron chi connectivity index (χ1n) is 11.3. The Morgan fingerprint density at radius 1 is 1.10 bits per heavy atom. The van der Waals surface area contributed by atoms with E-state index in [9.17, 15) is 4.79 Å². The lowest BCUT2D eigenvalue weighted by atomic mass is 9.96. The van der Waals surface area contributed by atoms with Crippen molar-refractivity contribution in [2.75, 3.05) is 16.8 Å². The topological polar surface area (TPSA) is 45.2 Å². The number of amides is 1. The molecule has 0 radical (unpaired) electrons. The number of thiazole rings is 1. The Labute approximate surface area is 188 Å². The first-order valence-corrected chi connectivity index (χ1v) is 12.2. The van der Waals surface area contributed by atoms with Gasteiger partial charge in [0.25, 0.3) is 5.91 Å².